The summed E-state index contributed by atoms with van der Waals surface area (Å²) in [4.78, 5) is 34.0. The Morgan fingerprint density at radius 1 is 1.03 bits per heavy atom. The highest BCUT2D eigenvalue weighted by Crippen LogP contribution is 2.46. The lowest BCUT2D eigenvalue weighted by molar-refractivity contribution is -0.130. The normalized spacial score (nSPS) is 20.0. The molecule has 1 aliphatic heterocycles. The number of hydrogen-bond acceptors (Lipinski definition) is 6. The molecule has 0 bridgehead atoms. The second-order valence-electron chi connectivity index (χ2n) is 11.2. The fourth-order valence-corrected chi connectivity index (χ4v) is 5.17. The summed E-state index contributed by atoms with van der Waals surface area (Å²) in [5.41, 5.74) is 4.00. The summed E-state index contributed by atoms with van der Waals surface area (Å²) >= 11 is 0. The molecule has 1 heterocycles. The van der Waals surface area contributed by atoms with Crippen LogP contribution < -0.4 is 10.2 Å². The number of hydrogen-bond donors (Lipinski definition) is 1. The minimum atomic E-state index is -0.515. The molecule has 38 heavy (non-hydrogen) atoms. The van der Waals surface area contributed by atoms with E-state index < -0.39 is 5.60 Å². The van der Waals surface area contributed by atoms with Crippen LogP contribution in [0.4, 0.5) is 4.79 Å². The van der Waals surface area contributed by atoms with Crippen LogP contribution >= 0.6 is 0 Å². The molecule has 2 aromatic rings. The van der Waals surface area contributed by atoms with Crippen molar-refractivity contribution in [2.45, 2.75) is 70.1 Å². The Labute approximate surface area is 226 Å². The fourth-order valence-electron chi connectivity index (χ4n) is 5.17. The average Bonchev–Trinajstić information content (AvgIpc) is 3.66. The maximum absolute atomic E-state index is 13.3. The van der Waals surface area contributed by atoms with Crippen molar-refractivity contribution >= 4 is 12.0 Å². The predicted molar refractivity (Wildman–Crippen MR) is 146 cm³/mol. The number of carbonyl (C=O) groups is 2. The monoisotopic (exact) mass is 523 g/mol. The van der Waals surface area contributed by atoms with E-state index in [9.17, 15) is 9.59 Å². The quantitative estimate of drug-likeness (QED) is 0.461. The van der Waals surface area contributed by atoms with Crippen LogP contribution in [0.1, 0.15) is 57.1 Å². The molecule has 8 heteroatoms. The van der Waals surface area contributed by atoms with E-state index in [2.05, 4.69) is 39.5 Å². The highest BCUT2D eigenvalue weighted by atomic mass is 16.6. The Bertz CT molecular complexity index is 1050. The summed E-state index contributed by atoms with van der Waals surface area (Å²) in [7, 11) is 1.42. The van der Waals surface area contributed by atoms with Crippen LogP contribution in [0.3, 0.4) is 0 Å². The maximum Gasteiger partial charge on any atom is 0.410 e. The van der Waals surface area contributed by atoms with E-state index in [0.717, 1.165) is 50.2 Å². The number of rotatable bonds is 10. The van der Waals surface area contributed by atoms with Crippen LogP contribution in [0.2, 0.25) is 0 Å². The SMILES string of the molecule is CONC(=O)Cc1ccc(OCCN2CCC(N(C(=O)OC(C)(C)C)[C@@H]3C[C@H]3c3ccccc3)CC2)cc1. The van der Waals surface area contributed by atoms with Crippen molar-refractivity contribution in [3.63, 3.8) is 0 Å². The van der Waals surface area contributed by atoms with E-state index in [4.69, 9.17) is 9.47 Å². The second-order valence-corrected chi connectivity index (χ2v) is 11.2. The van der Waals surface area contributed by atoms with Gasteiger partial charge in [-0.25, -0.2) is 10.3 Å². The molecule has 0 spiro atoms. The van der Waals surface area contributed by atoms with E-state index in [0.29, 0.717) is 12.5 Å². The van der Waals surface area contributed by atoms with E-state index >= 15 is 0 Å². The van der Waals surface area contributed by atoms with Crippen molar-refractivity contribution < 1.29 is 23.9 Å². The lowest BCUT2D eigenvalue weighted by atomic mass is 10.0. The van der Waals surface area contributed by atoms with Gasteiger partial charge in [0.1, 0.15) is 18.0 Å². The Morgan fingerprint density at radius 3 is 2.34 bits per heavy atom. The van der Waals surface area contributed by atoms with Gasteiger partial charge in [-0.3, -0.25) is 14.5 Å². The zero-order valence-corrected chi connectivity index (χ0v) is 23.0. The number of amides is 2. The van der Waals surface area contributed by atoms with Crippen LogP contribution in [0.15, 0.2) is 54.6 Å². The van der Waals surface area contributed by atoms with Gasteiger partial charge in [-0.1, -0.05) is 42.5 Å². The van der Waals surface area contributed by atoms with Gasteiger partial charge in [0.15, 0.2) is 0 Å². The second kappa shape index (κ2) is 12.6. The van der Waals surface area contributed by atoms with Crippen molar-refractivity contribution in [2.75, 3.05) is 33.4 Å². The lowest BCUT2D eigenvalue weighted by Gasteiger charge is -2.39. The van der Waals surface area contributed by atoms with E-state index in [1.807, 2.05) is 56.0 Å². The Kier molecular flexibility index (Phi) is 9.28. The zero-order chi connectivity index (χ0) is 27.1. The maximum atomic E-state index is 13.3. The first-order valence-corrected chi connectivity index (χ1v) is 13.6. The summed E-state index contributed by atoms with van der Waals surface area (Å²) in [6.45, 7) is 9.04. The molecule has 0 radical (unpaired) electrons. The molecule has 8 nitrogen and oxygen atoms in total. The molecule has 2 aromatic carbocycles. The van der Waals surface area contributed by atoms with Gasteiger partial charge in [-0.2, -0.15) is 0 Å². The summed E-state index contributed by atoms with van der Waals surface area (Å²) in [6.07, 6.45) is 2.92. The number of ether oxygens (including phenoxy) is 2. The van der Waals surface area contributed by atoms with Crippen LogP contribution in [0.5, 0.6) is 5.75 Å². The topological polar surface area (TPSA) is 80.3 Å². The molecule has 2 aliphatic rings. The number of carbonyl (C=O) groups excluding carboxylic acids is 2. The van der Waals surface area contributed by atoms with Crippen LogP contribution in [-0.4, -0.2) is 72.8 Å². The van der Waals surface area contributed by atoms with Crippen molar-refractivity contribution in [1.29, 1.82) is 0 Å². The first-order chi connectivity index (χ1) is 18.2. The Morgan fingerprint density at radius 2 is 1.71 bits per heavy atom. The third-order valence-corrected chi connectivity index (χ3v) is 7.08. The molecule has 1 saturated carbocycles. The molecule has 1 saturated heterocycles. The summed E-state index contributed by atoms with van der Waals surface area (Å²) in [6, 6.07) is 18.4. The van der Waals surface area contributed by atoms with Crippen LogP contribution in [0.25, 0.3) is 0 Å². The molecular formula is C30H41N3O5. The van der Waals surface area contributed by atoms with Crippen molar-refractivity contribution in [1.82, 2.24) is 15.3 Å². The fraction of sp³-hybridized carbons (Fsp3) is 0.533. The predicted octanol–water partition coefficient (Wildman–Crippen LogP) is 4.54. The molecule has 0 unspecified atom stereocenters. The van der Waals surface area contributed by atoms with Crippen LogP contribution in [-0.2, 0) is 20.8 Å². The molecule has 1 N–H and O–H groups in total. The minimum absolute atomic E-state index is 0.184. The first kappa shape index (κ1) is 27.9. The smallest absolute Gasteiger partial charge is 0.410 e. The summed E-state index contributed by atoms with van der Waals surface area (Å²) in [5, 5.41) is 0. The first-order valence-electron chi connectivity index (χ1n) is 13.6. The van der Waals surface area contributed by atoms with Gasteiger partial charge < -0.3 is 14.4 Å². The molecule has 2 atom stereocenters. The summed E-state index contributed by atoms with van der Waals surface area (Å²) < 4.78 is 11.8. The molecule has 1 aliphatic carbocycles. The Hall–Kier alpha value is -3.10. The number of nitrogens with one attached hydrogen (secondary N) is 1. The van der Waals surface area contributed by atoms with Crippen molar-refractivity contribution in [3.05, 3.63) is 65.7 Å². The molecule has 4 rings (SSSR count). The minimum Gasteiger partial charge on any atom is -0.492 e. The van der Waals surface area contributed by atoms with E-state index in [1.54, 1.807) is 0 Å². The number of nitrogens with zero attached hydrogens (tertiary/aromatic N) is 2. The molecule has 0 aromatic heterocycles. The molecule has 2 amide bonds. The van der Waals surface area contributed by atoms with Gasteiger partial charge in [-0.15, -0.1) is 0 Å². The number of hydroxylamine groups is 1. The lowest BCUT2D eigenvalue weighted by Crippen LogP contribution is -2.50. The largest absolute Gasteiger partial charge is 0.492 e. The molecular weight excluding hydrogens is 482 g/mol. The number of likely N-dealkylation sites (tertiary alicyclic amines) is 1. The van der Waals surface area contributed by atoms with E-state index in [-0.39, 0.29) is 30.5 Å². The summed E-state index contributed by atoms with van der Waals surface area (Å²) in [5.74, 6) is 0.982. The van der Waals surface area contributed by atoms with Gasteiger partial charge >= 0.3 is 6.09 Å². The highest BCUT2D eigenvalue weighted by molar-refractivity contribution is 5.77. The molecule has 2 fully saturated rings. The Balaban J connectivity index is 1.26. The third kappa shape index (κ3) is 7.95. The van der Waals surface area contributed by atoms with Crippen molar-refractivity contribution in [3.8, 4) is 5.75 Å². The average molecular weight is 524 g/mol. The highest BCUT2D eigenvalue weighted by Gasteiger charge is 2.48. The molecule has 206 valence electrons. The van der Waals surface area contributed by atoms with E-state index in [1.165, 1.54) is 12.7 Å². The number of piperidine rings is 1. The van der Waals surface area contributed by atoms with Gasteiger partial charge in [0, 0.05) is 37.6 Å². The number of benzene rings is 2. The standard InChI is InChI=1S/C30H41N3O5/c1-30(2,3)38-29(35)33(27-21-26(27)23-8-6-5-7-9-23)24-14-16-32(17-15-24)18-19-37-25-12-10-22(11-13-25)20-28(34)31-36-4/h5-13,24,26-27H,14-21H2,1-4H3,(H,31,34)/t26-,27+/m0/s1. The third-order valence-electron chi connectivity index (χ3n) is 7.08. The van der Waals surface area contributed by atoms with Gasteiger partial charge in [-0.05, 0) is 63.3 Å². The van der Waals surface area contributed by atoms with Gasteiger partial charge in [0.05, 0.1) is 13.5 Å². The zero-order valence-electron chi connectivity index (χ0n) is 23.0. The van der Waals surface area contributed by atoms with Gasteiger partial charge in [0.2, 0.25) is 5.91 Å². The van der Waals surface area contributed by atoms with Crippen LogP contribution in [0, 0.1) is 0 Å². The van der Waals surface area contributed by atoms with Gasteiger partial charge in [0.25, 0.3) is 0 Å². The van der Waals surface area contributed by atoms with Crippen molar-refractivity contribution in [2.24, 2.45) is 0 Å².